The number of nitrogens with zero attached hydrogens (tertiary/aromatic N) is 1. The second-order valence-corrected chi connectivity index (χ2v) is 11.4. The maximum Gasteiger partial charge on any atom is 0.339 e. The molecule has 1 fully saturated rings. The van der Waals surface area contributed by atoms with Gasteiger partial charge in [-0.15, -0.1) is 0 Å². The van der Waals surface area contributed by atoms with Crippen LogP contribution in [0.25, 0.3) is 6.08 Å². The minimum Gasteiger partial charge on any atom is -0.490 e. The van der Waals surface area contributed by atoms with Crippen molar-refractivity contribution in [1.29, 1.82) is 0 Å². The number of nitrogens with one attached hydrogen (secondary N) is 1. The smallest absolute Gasteiger partial charge is 0.339 e. The number of carbonyl (C=O) groups is 3. The van der Waals surface area contributed by atoms with E-state index in [4.69, 9.17) is 32.1 Å². The highest BCUT2D eigenvalue weighted by Crippen LogP contribution is 2.39. The van der Waals surface area contributed by atoms with Crippen LogP contribution >= 0.6 is 39.1 Å². The van der Waals surface area contributed by atoms with Crippen molar-refractivity contribution in [2.45, 2.75) is 18.7 Å². The Morgan fingerprint density at radius 2 is 1.67 bits per heavy atom. The Morgan fingerprint density at radius 3 is 2.33 bits per heavy atom. The van der Waals surface area contributed by atoms with Crippen molar-refractivity contribution in [2.24, 2.45) is 0 Å². The molecule has 0 saturated carbocycles. The fraction of sp³-hybridized carbons (Fsp3) is 0.115. The molecule has 202 valence electrons. The Hall–Kier alpha value is -3.38. The Morgan fingerprint density at radius 1 is 1.00 bits per heavy atom. The Bertz CT molecular complexity index is 1640. The average Bonchev–Trinajstić information content (AvgIpc) is 2.86. The quantitative estimate of drug-likeness (QED) is 0.192. The van der Waals surface area contributed by atoms with Crippen LogP contribution in [0.1, 0.15) is 18.1 Å². The Balaban J connectivity index is 1.74. The lowest BCUT2D eigenvalue weighted by molar-refractivity contribution is -0.122. The van der Waals surface area contributed by atoms with Crippen LogP contribution < -0.4 is 19.1 Å². The van der Waals surface area contributed by atoms with Crippen LogP contribution in [0.3, 0.4) is 0 Å². The minimum atomic E-state index is -4.26. The van der Waals surface area contributed by atoms with Gasteiger partial charge < -0.3 is 8.92 Å². The molecule has 3 aromatic rings. The monoisotopic (exact) mass is 652 g/mol. The summed E-state index contributed by atoms with van der Waals surface area (Å²) in [5, 5.41) is 2.81. The van der Waals surface area contributed by atoms with Gasteiger partial charge in [-0.25, -0.2) is 9.69 Å². The van der Waals surface area contributed by atoms with Crippen molar-refractivity contribution in [1.82, 2.24) is 5.32 Å². The molecule has 1 saturated heterocycles. The number of anilines is 1. The first-order valence-corrected chi connectivity index (χ1v) is 14.2. The molecule has 13 heteroatoms. The molecule has 4 amide bonds. The predicted molar refractivity (Wildman–Crippen MR) is 150 cm³/mol. The summed E-state index contributed by atoms with van der Waals surface area (Å²) in [5.74, 6) is -1.88. The zero-order valence-corrected chi connectivity index (χ0v) is 24.2. The summed E-state index contributed by atoms with van der Waals surface area (Å²) < 4.78 is 36.9. The molecule has 0 aliphatic carbocycles. The van der Waals surface area contributed by atoms with E-state index < -0.39 is 28.0 Å². The van der Waals surface area contributed by atoms with Crippen LogP contribution in [0.15, 0.2) is 69.5 Å². The SMILES string of the molecule is CCOc1cc(/C=C2\C(=O)NC(=O)N(c3cc(Cl)ccc3C)C2=O)cc(Br)c1OS(=O)(=O)c1ccc(Cl)cc1. The fourth-order valence-electron chi connectivity index (χ4n) is 3.64. The van der Waals surface area contributed by atoms with Gasteiger partial charge in [-0.3, -0.25) is 14.9 Å². The van der Waals surface area contributed by atoms with Gasteiger partial charge in [-0.2, -0.15) is 8.42 Å². The lowest BCUT2D eigenvalue weighted by atomic mass is 10.1. The number of hydrogen-bond acceptors (Lipinski definition) is 7. The molecular formula is C26H19BrCl2N2O7S. The van der Waals surface area contributed by atoms with Crippen molar-refractivity contribution in [3.63, 3.8) is 0 Å². The van der Waals surface area contributed by atoms with E-state index in [-0.39, 0.29) is 44.3 Å². The average molecular weight is 654 g/mol. The first-order chi connectivity index (χ1) is 18.4. The van der Waals surface area contributed by atoms with Crippen LogP contribution in [0.5, 0.6) is 11.5 Å². The molecule has 9 nitrogen and oxygen atoms in total. The Labute approximate surface area is 242 Å². The van der Waals surface area contributed by atoms with Crippen LogP contribution in [-0.2, 0) is 19.7 Å². The third-order valence-corrected chi connectivity index (χ3v) is 7.76. The number of carbonyl (C=O) groups excluding carboxylic acids is 3. The van der Waals surface area contributed by atoms with Gasteiger partial charge in [0.2, 0.25) is 0 Å². The molecule has 1 heterocycles. The number of hydrogen-bond donors (Lipinski definition) is 1. The van der Waals surface area contributed by atoms with Crippen LogP contribution in [-0.4, -0.2) is 32.9 Å². The number of amides is 4. The van der Waals surface area contributed by atoms with Crippen molar-refractivity contribution in [3.8, 4) is 11.5 Å². The fourth-order valence-corrected chi connectivity index (χ4v) is 5.54. The molecule has 4 rings (SSSR count). The summed E-state index contributed by atoms with van der Waals surface area (Å²) >= 11 is 15.2. The number of imide groups is 2. The summed E-state index contributed by atoms with van der Waals surface area (Å²) in [7, 11) is -4.26. The van der Waals surface area contributed by atoms with Gasteiger partial charge >= 0.3 is 16.1 Å². The molecule has 0 aromatic heterocycles. The van der Waals surface area contributed by atoms with Crippen molar-refractivity contribution >= 4 is 78.9 Å². The maximum atomic E-state index is 13.3. The molecule has 1 aliphatic heterocycles. The number of halogens is 3. The maximum absolute atomic E-state index is 13.3. The number of aryl methyl sites for hydroxylation is 1. The highest BCUT2D eigenvalue weighted by Gasteiger charge is 2.37. The highest BCUT2D eigenvalue weighted by atomic mass is 79.9. The normalized spacial score (nSPS) is 14.9. The number of ether oxygens (including phenoxy) is 1. The van der Waals surface area contributed by atoms with E-state index >= 15 is 0 Å². The third kappa shape index (κ3) is 6.11. The van der Waals surface area contributed by atoms with E-state index in [1.54, 1.807) is 26.0 Å². The van der Waals surface area contributed by atoms with Crippen molar-refractivity contribution < 1.29 is 31.7 Å². The Kier molecular flexibility index (Phi) is 8.36. The first kappa shape index (κ1) is 28.6. The van der Waals surface area contributed by atoms with Crippen LogP contribution in [0.4, 0.5) is 10.5 Å². The minimum absolute atomic E-state index is 0.0264. The van der Waals surface area contributed by atoms with Gasteiger partial charge in [0.1, 0.15) is 10.5 Å². The summed E-state index contributed by atoms with van der Waals surface area (Å²) in [6.07, 6.45) is 1.25. The van der Waals surface area contributed by atoms with Gasteiger partial charge in [0, 0.05) is 10.0 Å². The standard InChI is InChI=1S/C26H19BrCl2N2O7S/c1-3-37-22-12-15(11-20(27)23(22)38-39(35,36)18-8-6-16(28)7-9-18)10-19-24(32)30-26(34)31(25(19)33)21-13-17(29)5-4-14(21)2/h4-13H,3H2,1-2H3,(H,30,32,34)/b19-10+. The lowest BCUT2D eigenvalue weighted by Crippen LogP contribution is -2.54. The molecule has 0 unspecified atom stereocenters. The molecule has 1 aliphatic rings. The first-order valence-electron chi connectivity index (χ1n) is 11.2. The zero-order valence-electron chi connectivity index (χ0n) is 20.3. The molecule has 0 radical (unpaired) electrons. The van der Waals surface area contributed by atoms with Gasteiger partial charge in [-0.05, 0) is 95.5 Å². The topological polar surface area (TPSA) is 119 Å². The van der Waals surface area contributed by atoms with Gasteiger partial charge in [-0.1, -0.05) is 29.3 Å². The summed E-state index contributed by atoms with van der Waals surface area (Å²) in [6.45, 7) is 3.53. The zero-order chi connectivity index (χ0) is 28.5. The van der Waals surface area contributed by atoms with Crippen molar-refractivity contribution in [2.75, 3.05) is 11.5 Å². The number of barbiturate groups is 1. The van der Waals surface area contributed by atoms with E-state index in [1.165, 1.54) is 48.5 Å². The lowest BCUT2D eigenvalue weighted by Gasteiger charge is -2.27. The predicted octanol–water partition coefficient (Wildman–Crippen LogP) is 5.90. The van der Waals surface area contributed by atoms with E-state index in [1.807, 2.05) is 0 Å². The van der Waals surface area contributed by atoms with Gasteiger partial charge in [0.05, 0.1) is 16.8 Å². The van der Waals surface area contributed by atoms with Gasteiger partial charge in [0.15, 0.2) is 11.5 Å². The molecule has 39 heavy (non-hydrogen) atoms. The number of benzene rings is 3. The molecule has 0 bridgehead atoms. The molecule has 0 atom stereocenters. The largest absolute Gasteiger partial charge is 0.490 e. The summed E-state index contributed by atoms with van der Waals surface area (Å²) in [5.41, 5.74) is 0.750. The molecule has 1 N–H and O–H groups in total. The second kappa shape index (κ2) is 11.4. The van der Waals surface area contributed by atoms with E-state index in [2.05, 4.69) is 21.2 Å². The molecular weight excluding hydrogens is 635 g/mol. The summed E-state index contributed by atoms with van der Waals surface area (Å²) in [4.78, 5) is 39.2. The summed E-state index contributed by atoms with van der Waals surface area (Å²) in [6, 6.07) is 12.0. The third-order valence-electron chi connectivity index (χ3n) is 5.45. The number of urea groups is 1. The van der Waals surface area contributed by atoms with Gasteiger partial charge in [0.25, 0.3) is 11.8 Å². The highest BCUT2D eigenvalue weighted by molar-refractivity contribution is 9.10. The second-order valence-electron chi connectivity index (χ2n) is 8.14. The van der Waals surface area contributed by atoms with E-state index in [0.29, 0.717) is 15.6 Å². The van der Waals surface area contributed by atoms with Crippen molar-refractivity contribution in [3.05, 3.63) is 85.8 Å². The van der Waals surface area contributed by atoms with E-state index in [0.717, 1.165) is 4.90 Å². The van der Waals surface area contributed by atoms with E-state index in [9.17, 15) is 22.8 Å². The molecule has 0 spiro atoms. The molecule has 3 aromatic carbocycles. The van der Waals surface area contributed by atoms with Crippen LogP contribution in [0, 0.1) is 6.92 Å². The van der Waals surface area contributed by atoms with Crippen LogP contribution in [0.2, 0.25) is 10.0 Å². The number of rotatable bonds is 7.